The van der Waals surface area contributed by atoms with Crippen molar-refractivity contribution in [3.05, 3.63) is 47.5 Å². The number of carbonyl (C=O) groups is 4. The molecule has 0 saturated carbocycles. The van der Waals surface area contributed by atoms with E-state index in [4.69, 9.17) is 23.7 Å². The first-order valence-corrected chi connectivity index (χ1v) is 13.4. The van der Waals surface area contributed by atoms with Gasteiger partial charge in [0.2, 0.25) is 5.75 Å². The quantitative estimate of drug-likeness (QED) is 0.177. The van der Waals surface area contributed by atoms with E-state index in [1.54, 1.807) is 31.4 Å². The van der Waals surface area contributed by atoms with Gasteiger partial charge in [-0.1, -0.05) is 52.2 Å². The number of esters is 4. The third-order valence-corrected chi connectivity index (χ3v) is 5.65. The molecule has 212 valence electrons. The van der Waals surface area contributed by atoms with Crippen LogP contribution >= 0.6 is 0 Å². The molecule has 0 unspecified atom stereocenters. The fourth-order valence-corrected chi connectivity index (χ4v) is 3.38. The number of ether oxygens (including phenoxy) is 5. The Morgan fingerprint density at radius 1 is 0.667 bits per heavy atom. The summed E-state index contributed by atoms with van der Waals surface area (Å²) in [5.74, 6) is -2.42. The number of hydrogen-bond donors (Lipinski definition) is 0. The summed E-state index contributed by atoms with van der Waals surface area (Å²) in [5, 5.41) is 0. The second-order valence-electron chi connectivity index (χ2n) is 8.96. The lowest BCUT2D eigenvalue weighted by Crippen LogP contribution is -2.16. The summed E-state index contributed by atoms with van der Waals surface area (Å²) in [6, 6.07) is 9.51. The zero-order valence-corrected chi connectivity index (χ0v) is 23.2. The van der Waals surface area contributed by atoms with E-state index >= 15 is 0 Å². The molecule has 39 heavy (non-hydrogen) atoms. The van der Waals surface area contributed by atoms with Crippen LogP contribution in [0.4, 0.5) is 0 Å². The maximum Gasteiger partial charge on any atom is 0.338 e. The van der Waals surface area contributed by atoms with Gasteiger partial charge in [-0.25, -0.2) is 4.79 Å². The lowest BCUT2D eigenvalue weighted by Gasteiger charge is -2.16. The molecule has 0 spiro atoms. The molecule has 9 nitrogen and oxygen atoms in total. The summed E-state index contributed by atoms with van der Waals surface area (Å²) >= 11 is 0. The molecule has 0 amide bonds. The second-order valence-corrected chi connectivity index (χ2v) is 8.96. The van der Waals surface area contributed by atoms with Crippen molar-refractivity contribution in [1.29, 1.82) is 0 Å². The smallest absolute Gasteiger partial charge is 0.338 e. The second kappa shape index (κ2) is 16.9. The normalized spacial score (nSPS) is 10.5. The lowest BCUT2D eigenvalue weighted by molar-refractivity contribution is -0.138. The van der Waals surface area contributed by atoms with Crippen molar-refractivity contribution >= 4 is 23.9 Å². The van der Waals surface area contributed by atoms with Crippen molar-refractivity contribution in [3.8, 4) is 23.0 Å². The maximum atomic E-state index is 13.0. The van der Waals surface area contributed by atoms with Crippen LogP contribution in [0, 0.1) is 0 Å². The van der Waals surface area contributed by atoms with Gasteiger partial charge in [0.1, 0.15) is 12.4 Å². The van der Waals surface area contributed by atoms with E-state index in [0.717, 1.165) is 24.8 Å². The Bertz CT molecular complexity index is 1060. The topological polar surface area (TPSA) is 114 Å². The van der Waals surface area contributed by atoms with Crippen molar-refractivity contribution in [2.75, 3.05) is 7.11 Å². The Labute approximate surface area is 229 Å². The lowest BCUT2D eigenvalue weighted by atomic mass is 10.1. The van der Waals surface area contributed by atoms with Gasteiger partial charge in [-0.3, -0.25) is 14.4 Å². The highest BCUT2D eigenvalue weighted by molar-refractivity contribution is 5.92. The summed E-state index contributed by atoms with van der Waals surface area (Å²) in [6.45, 7) is 5.76. The molecule has 0 aliphatic rings. The van der Waals surface area contributed by atoms with Gasteiger partial charge < -0.3 is 23.7 Å². The highest BCUT2D eigenvalue weighted by Crippen LogP contribution is 2.40. The fourth-order valence-electron chi connectivity index (χ4n) is 3.38. The number of carbonyl (C=O) groups excluding carboxylic acids is 4. The molecule has 9 heteroatoms. The summed E-state index contributed by atoms with van der Waals surface area (Å²) in [5.41, 5.74) is 0.691. The molecule has 0 saturated heterocycles. The van der Waals surface area contributed by atoms with Crippen LogP contribution < -0.4 is 18.9 Å². The van der Waals surface area contributed by atoms with E-state index in [2.05, 4.69) is 0 Å². The van der Waals surface area contributed by atoms with Crippen LogP contribution in [0.5, 0.6) is 23.0 Å². The number of methoxy groups -OCH3 is 1. The van der Waals surface area contributed by atoms with Crippen LogP contribution in [-0.2, 0) is 25.7 Å². The van der Waals surface area contributed by atoms with Gasteiger partial charge >= 0.3 is 23.9 Å². The van der Waals surface area contributed by atoms with Gasteiger partial charge in [-0.15, -0.1) is 0 Å². The minimum Gasteiger partial charge on any atom is -0.497 e. The van der Waals surface area contributed by atoms with Crippen molar-refractivity contribution in [2.24, 2.45) is 0 Å². The molecule has 0 radical (unpaired) electrons. The van der Waals surface area contributed by atoms with Crippen LogP contribution in [-0.4, -0.2) is 31.0 Å². The monoisotopic (exact) mass is 542 g/mol. The predicted molar refractivity (Wildman–Crippen MR) is 144 cm³/mol. The summed E-state index contributed by atoms with van der Waals surface area (Å²) < 4.78 is 27.1. The van der Waals surface area contributed by atoms with E-state index in [1.807, 2.05) is 20.8 Å². The third kappa shape index (κ3) is 10.8. The molecule has 0 bridgehead atoms. The van der Waals surface area contributed by atoms with Crippen LogP contribution in [0.15, 0.2) is 36.4 Å². The van der Waals surface area contributed by atoms with Crippen molar-refractivity contribution in [2.45, 2.75) is 85.2 Å². The molecule has 0 atom stereocenters. The molecule has 2 aromatic carbocycles. The minimum absolute atomic E-state index is 0.0338. The first kappa shape index (κ1) is 31.3. The Hall–Kier alpha value is -3.88. The number of hydrogen-bond acceptors (Lipinski definition) is 9. The molecule has 0 aromatic heterocycles. The van der Waals surface area contributed by atoms with Crippen LogP contribution in [0.1, 0.15) is 94.5 Å². The van der Waals surface area contributed by atoms with E-state index in [9.17, 15) is 19.2 Å². The summed E-state index contributed by atoms with van der Waals surface area (Å²) in [7, 11) is 1.55. The van der Waals surface area contributed by atoms with E-state index < -0.39 is 23.9 Å². The zero-order chi connectivity index (χ0) is 28.6. The SMILES string of the molecule is CCCCC(=O)Oc1cc(C(=O)OCc2ccc(OC)cc2)cc(OC(=O)CCCC)c1OC(=O)CCCC. The fraction of sp³-hybridized carbons (Fsp3) is 0.467. The van der Waals surface area contributed by atoms with Crippen LogP contribution in [0.2, 0.25) is 0 Å². The van der Waals surface area contributed by atoms with Crippen LogP contribution in [0.3, 0.4) is 0 Å². The van der Waals surface area contributed by atoms with Gasteiger partial charge in [0.25, 0.3) is 0 Å². The van der Waals surface area contributed by atoms with Gasteiger partial charge in [0, 0.05) is 19.3 Å². The van der Waals surface area contributed by atoms with Crippen molar-refractivity contribution < 1.29 is 42.9 Å². The molecule has 2 aromatic rings. The standard InChI is InChI=1S/C30H38O9/c1-5-8-11-26(31)37-24-18-22(30(34)36-20-21-14-16-23(35-4)17-15-21)19-25(38-27(32)12-9-6-2)29(24)39-28(33)13-10-7-3/h14-19H,5-13,20H2,1-4H3. The Morgan fingerprint density at radius 2 is 1.13 bits per heavy atom. The average Bonchev–Trinajstić information content (AvgIpc) is 2.94. The summed E-state index contributed by atoms with van der Waals surface area (Å²) in [4.78, 5) is 50.5. The molecule has 0 fully saturated rings. The third-order valence-electron chi connectivity index (χ3n) is 5.65. The molecule has 0 heterocycles. The Balaban J connectivity index is 2.42. The van der Waals surface area contributed by atoms with E-state index in [-0.39, 0.29) is 48.7 Å². The van der Waals surface area contributed by atoms with Crippen molar-refractivity contribution in [1.82, 2.24) is 0 Å². The predicted octanol–water partition coefficient (Wildman–Crippen LogP) is 6.34. The molecule has 2 rings (SSSR count). The minimum atomic E-state index is -0.744. The first-order valence-electron chi connectivity index (χ1n) is 13.4. The van der Waals surface area contributed by atoms with Crippen LogP contribution in [0.25, 0.3) is 0 Å². The van der Waals surface area contributed by atoms with Gasteiger partial charge in [0.15, 0.2) is 11.5 Å². The molecule has 0 N–H and O–H groups in total. The molecule has 0 aliphatic carbocycles. The molecule has 0 aliphatic heterocycles. The van der Waals surface area contributed by atoms with Gasteiger partial charge in [-0.2, -0.15) is 0 Å². The van der Waals surface area contributed by atoms with E-state index in [1.165, 1.54) is 12.1 Å². The number of benzene rings is 2. The first-order chi connectivity index (χ1) is 18.8. The Morgan fingerprint density at radius 3 is 1.56 bits per heavy atom. The van der Waals surface area contributed by atoms with Crippen molar-refractivity contribution in [3.63, 3.8) is 0 Å². The van der Waals surface area contributed by atoms with E-state index in [0.29, 0.717) is 25.0 Å². The van der Waals surface area contributed by atoms with Gasteiger partial charge in [-0.05, 0) is 49.1 Å². The molecular formula is C30H38O9. The van der Waals surface area contributed by atoms with Gasteiger partial charge in [0.05, 0.1) is 12.7 Å². The highest BCUT2D eigenvalue weighted by Gasteiger charge is 2.25. The zero-order valence-electron chi connectivity index (χ0n) is 23.2. The number of unbranched alkanes of at least 4 members (excludes halogenated alkanes) is 3. The highest BCUT2D eigenvalue weighted by atomic mass is 16.6. The number of rotatable bonds is 16. The molecular weight excluding hydrogens is 504 g/mol. The largest absolute Gasteiger partial charge is 0.497 e. The summed E-state index contributed by atoms with van der Waals surface area (Å²) in [6.07, 6.45) is 4.44. The maximum absolute atomic E-state index is 13.0. The Kier molecular flexibility index (Phi) is 13.5. The average molecular weight is 543 g/mol.